The summed E-state index contributed by atoms with van der Waals surface area (Å²) in [5, 5.41) is 43.5. The van der Waals surface area contributed by atoms with Gasteiger partial charge in [-0.3, -0.25) is 4.79 Å². The second-order valence-corrected chi connectivity index (χ2v) is 12.8. The zero-order valence-corrected chi connectivity index (χ0v) is 21.7. The van der Waals surface area contributed by atoms with Crippen LogP contribution in [-0.2, 0) is 19.0 Å². The molecule has 1 unspecified atom stereocenters. The molecule has 0 spiro atoms. The maximum atomic E-state index is 13.5. The van der Waals surface area contributed by atoms with E-state index in [0.29, 0.717) is 11.8 Å². The third-order valence-electron chi connectivity index (χ3n) is 11.5. The molecule has 0 amide bonds. The van der Waals surface area contributed by atoms with Gasteiger partial charge >= 0.3 is 5.97 Å². The lowest BCUT2D eigenvalue weighted by Gasteiger charge is -2.61. The van der Waals surface area contributed by atoms with Crippen LogP contribution in [0.15, 0.2) is 0 Å². The molecule has 4 aliphatic carbocycles. The first-order valence-electron chi connectivity index (χ1n) is 13.5. The Kier molecular flexibility index (Phi) is 6.38. The van der Waals surface area contributed by atoms with Crippen LogP contribution in [0.25, 0.3) is 0 Å². The predicted octanol–water partition coefficient (Wildman–Crippen LogP) is 2.28. The molecule has 4 saturated carbocycles. The van der Waals surface area contributed by atoms with Gasteiger partial charge in [-0.25, -0.2) is 0 Å². The summed E-state index contributed by atoms with van der Waals surface area (Å²) < 4.78 is 17.5. The van der Waals surface area contributed by atoms with Crippen LogP contribution in [0.3, 0.4) is 0 Å². The number of hydrogen-bond acceptors (Lipinski definition) is 7. The molecule has 4 bridgehead atoms. The molecule has 35 heavy (non-hydrogen) atoms. The molecule has 8 heteroatoms. The Labute approximate surface area is 208 Å². The van der Waals surface area contributed by atoms with Gasteiger partial charge in [-0.1, -0.05) is 27.2 Å². The van der Waals surface area contributed by atoms with E-state index in [2.05, 4.69) is 20.8 Å². The van der Waals surface area contributed by atoms with Crippen molar-refractivity contribution in [2.45, 2.75) is 90.5 Å². The van der Waals surface area contributed by atoms with Gasteiger partial charge in [0.15, 0.2) is 6.29 Å². The van der Waals surface area contributed by atoms with Crippen LogP contribution in [0.2, 0.25) is 0 Å². The number of hydrogen-bond donors (Lipinski definition) is 4. The summed E-state index contributed by atoms with van der Waals surface area (Å²) in [5.74, 6) is 0.486. The molecule has 5 fully saturated rings. The number of aliphatic hydroxyl groups is 3. The summed E-state index contributed by atoms with van der Waals surface area (Å²) in [6.07, 6.45) is -0.331. The summed E-state index contributed by atoms with van der Waals surface area (Å²) >= 11 is 0. The largest absolute Gasteiger partial charge is 0.481 e. The number of aliphatic carboxylic acids is 1. The Hall–Kier alpha value is -0.770. The van der Waals surface area contributed by atoms with Crippen molar-refractivity contribution < 1.29 is 39.4 Å². The van der Waals surface area contributed by atoms with Gasteiger partial charge in [0.25, 0.3) is 0 Å². The topological polar surface area (TPSA) is 126 Å². The highest BCUT2D eigenvalue weighted by Crippen LogP contribution is 2.84. The zero-order chi connectivity index (χ0) is 25.5. The molecule has 1 aliphatic heterocycles. The summed E-state index contributed by atoms with van der Waals surface area (Å²) in [6.45, 7) is 8.29. The van der Waals surface area contributed by atoms with E-state index >= 15 is 0 Å². The first-order valence-corrected chi connectivity index (χ1v) is 13.5. The van der Waals surface area contributed by atoms with E-state index in [9.17, 15) is 25.2 Å². The molecule has 4 N–H and O–H groups in total. The highest BCUT2D eigenvalue weighted by molar-refractivity contribution is 5.80. The lowest BCUT2D eigenvalue weighted by atomic mass is 9.41. The van der Waals surface area contributed by atoms with E-state index in [4.69, 9.17) is 14.2 Å². The molecular formula is C27H44O8. The fraction of sp³-hybridized carbons (Fsp3) is 0.963. The number of fused-ring (bicyclic) bond motifs is 2. The number of methoxy groups -OCH3 is 1. The Morgan fingerprint density at radius 2 is 1.83 bits per heavy atom. The zero-order valence-electron chi connectivity index (χ0n) is 21.7. The van der Waals surface area contributed by atoms with Crippen molar-refractivity contribution in [1.29, 1.82) is 0 Å². The standard InChI is InChI=1S/C27H44O8/c1-13(2)19-8-16-9-25(11-28)18-7-6-14(3)17(18)10-26(16,27(19,25)24(31)32)12-34-23-21(30)20(29)22(33-5)15(4)35-23/h13-23,28-30H,6-12H2,1-5H3,(H,31,32)/t14-,15-,16+,17-,18-,19?,20+,21+,22-,23-,25+,26+,27+/m1/s1. The Bertz CT molecular complexity index is 834. The van der Waals surface area contributed by atoms with Crippen LogP contribution in [0.1, 0.15) is 59.8 Å². The van der Waals surface area contributed by atoms with Gasteiger partial charge in [0.2, 0.25) is 0 Å². The van der Waals surface area contributed by atoms with E-state index in [-0.39, 0.29) is 36.9 Å². The van der Waals surface area contributed by atoms with Crippen LogP contribution in [0.4, 0.5) is 0 Å². The van der Waals surface area contributed by atoms with Crippen LogP contribution in [-0.4, -0.2) is 77.4 Å². The average molecular weight is 497 g/mol. The van der Waals surface area contributed by atoms with Crippen molar-refractivity contribution in [2.75, 3.05) is 20.3 Å². The second kappa shape index (κ2) is 8.63. The van der Waals surface area contributed by atoms with Crippen molar-refractivity contribution in [3.63, 3.8) is 0 Å². The fourth-order valence-corrected chi connectivity index (χ4v) is 10.3. The van der Waals surface area contributed by atoms with E-state index < -0.39 is 52.9 Å². The second-order valence-electron chi connectivity index (χ2n) is 12.8. The number of carboxylic acids is 1. The van der Waals surface area contributed by atoms with Gasteiger partial charge in [-0.2, -0.15) is 0 Å². The van der Waals surface area contributed by atoms with Crippen molar-refractivity contribution in [3.8, 4) is 0 Å². The van der Waals surface area contributed by atoms with Gasteiger partial charge in [0.05, 0.1) is 24.7 Å². The molecule has 1 saturated heterocycles. The SMILES string of the molecule is CO[C@H]1[C@@H](O)[C@H](O)[C@H](OC[C@@]23C[C@@H]4[C@H](C)CC[C@H]4[C@@]4(CO)C[C@@H]2CC(C(C)C)[C@@]34C(=O)O)O[C@@H]1C. The third kappa shape index (κ3) is 3.04. The summed E-state index contributed by atoms with van der Waals surface area (Å²) in [7, 11) is 1.47. The van der Waals surface area contributed by atoms with E-state index in [1.54, 1.807) is 6.92 Å². The van der Waals surface area contributed by atoms with E-state index in [0.717, 1.165) is 32.1 Å². The minimum absolute atomic E-state index is 0.0501. The molecule has 8 nitrogen and oxygen atoms in total. The van der Waals surface area contributed by atoms with Crippen molar-refractivity contribution in [1.82, 2.24) is 0 Å². The maximum Gasteiger partial charge on any atom is 0.311 e. The smallest absolute Gasteiger partial charge is 0.311 e. The average Bonchev–Trinajstić information content (AvgIpc) is 3.38. The number of rotatable bonds is 7. The lowest BCUT2D eigenvalue weighted by Crippen LogP contribution is -2.66. The van der Waals surface area contributed by atoms with Crippen molar-refractivity contribution in [3.05, 3.63) is 0 Å². The molecule has 0 aromatic carbocycles. The minimum atomic E-state index is -1.29. The molecule has 13 atom stereocenters. The van der Waals surface area contributed by atoms with Crippen molar-refractivity contribution in [2.24, 2.45) is 51.8 Å². The van der Waals surface area contributed by atoms with Gasteiger partial charge in [-0.15, -0.1) is 0 Å². The van der Waals surface area contributed by atoms with Crippen LogP contribution in [0.5, 0.6) is 0 Å². The van der Waals surface area contributed by atoms with Gasteiger partial charge in [0, 0.05) is 17.9 Å². The Morgan fingerprint density at radius 3 is 2.43 bits per heavy atom. The number of ether oxygens (including phenoxy) is 3. The molecule has 1 heterocycles. The number of carbonyl (C=O) groups is 1. The highest BCUT2D eigenvalue weighted by atomic mass is 16.7. The molecule has 5 rings (SSSR count). The highest BCUT2D eigenvalue weighted by Gasteiger charge is 2.86. The quantitative estimate of drug-likeness (QED) is 0.423. The molecule has 200 valence electrons. The van der Waals surface area contributed by atoms with Gasteiger partial charge in [0.1, 0.15) is 18.3 Å². The minimum Gasteiger partial charge on any atom is -0.481 e. The fourth-order valence-electron chi connectivity index (χ4n) is 10.3. The molecule has 0 aromatic heterocycles. The molecule has 0 aromatic rings. The molecule has 5 aliphatic rings. The molecule has 0 radical (unpaired) electrons. The number of carboxylic acid groups (broad SMARTS) is 1. The number of aliphatic hydroxyl groups excluding tert-OH is 3. The van der Waals surface area contributed by atoms with E-state index in [1.165, 1.54) is 7.11 Å². The first-order chi connectivity index (χ1) is 16.5. The Balaban J connectivity index is 1.55. The monoisotopic (exact) mass is 496 g/mol. The van der Waals surface area contributed by atoms with Gasteiger partial charge in [-0.05, 0) is 68.1 Å². The van der Waals surface area contributed by atoms with Crippen LogP contribution >= 0.6 is 0 Å². The summed E-state index contributed by atoms with van der Waals surface area (Å²) in [4.78, 5) is 13.5. The maximum absolute atomic E-state index is 13.5. The summed E-state index contributed by atoms with van der Waals surface area (Å²) in [6, 6.07) is 0. The van der Waals surface area contributed by atoms with E-state index in [1.807, 2.05) is 0 Å². The lowest BCUT2D eigenvalue weighted by molar-refractivity contribution is -0.309. The third-order valence-corrected chi connectivity index (χ3v) is 11.5. The first kappa shape index (κ1) is 25.9. The normalized spacial score (nSPS) is 54.9. The van der Waals surface area contributed by atoms with Crippen molar-refractivity contribution >= 4 is 5.97 Å². The van der Waals surface area contributed by atoms with Crippen LogP contribution < -0.4 is 0 Å². The summed E-state index contributed by atoms with van der Waals surface area (Å²) in [5.41, 5.74) is -2.39. The van der Waals surface area contributed by atoms with Crippen LogP contribution in [0, 0.1) is 51.8 Å². The van der Waals surface area contributed by atoms with Gasteiger partial charge < -0.3 is 34.6 Å². The molecular weight excluding hydrogens is 452 g/mol. The predicted molar refractivity (Wildman–Crippen MR) is 126 cm³/mol. The Morgan fingerprint density at radius 1 is 1.11 bits per heavy atom.